The van der Waals surface area contributed by atoms with Gasteiger partial charge < -0.3 is 10.2 Å². The van der Waals surface area contributed by atoms with Crippen molar-refractivity contribution in [2.24, 2.45) is 12.5 Å². The summed E-state index contributed by atoms with van der Waals surface area (Å²) in [7, 11) is 4.05. The van der Waals surface area contributed by atoms with Crippen molar-refractivity contribution >= 4 is 5.82 Å². The topological polar surface area (TPSA) is 33.1 Å². The predicted octanol–water partition coefficient (Wildman–Crippen LogP) is 2.07. The molecular formula is C14H26N4. The van der Waals surface area contributed by atoms with E-state index in [9.17, 15) is 0 Å². The quantitative estimate of drug-likeness (QED) is 0.891. The first-order chi connectivity index (χ1) is 8.44. The molecule has 0 aliphatic carbocycles. The molecule has 1 aliphatic heterocycles. The Morgan fingerprint density at radius 1 is 1.28 bits per heavy atom. The molecule has 18 heavy (non-hydrogen) atoms. The molecule has 0 atom stereocenters. The van der Waals surface area contributed by atoms with Crippen LogP contribution in [-0.4, -0.2) is 29.9 Å². The maximum absolute atomic E-state index is 4.58. The van der Waals surface area contributed by atoms with Gasteiger partial charge in [-0.1, -0.05) is 13.8 Å². The molecule has 0 unspecified atom stereocenters. The molecule has 0 bridgehead atoms. The Labute approximate surface area is 110 Å². The van der Waals surface area contributed by atoms with Crippen molar-refractivity contribution in [3.05, 3.63) is 11.3 Å². The molecule has 0 amide bonds. The molecule has 1 aromatic rings. The van der Waals surface area contributed by atoms with Crippen molar-refractivity contribution in [1.82, 2.24) is 15.1 Å². The maximum atomic E-state index is 4.58. The number of anilines is 1. The van der Waals surface area contributed by atoms with Crippen LogP contribution in [0.1, 0.15) is 37.9 Å². The van der Waals surface area contributed by atoms with Gasteiger partial charge in [0.05, 0.1) is 5.69 Å². The van der Waals surface area contributed by atoms with Gasteiger partial charge in [-0.2, -0.15) is 5.10 Å². The van der Waals surface area contributed by atoms with E-state index < -0.39 is 0 Å². The number of nitrogens with one attached hydrogen (secondary N) is 1. The third-order valence-electron chi connectivity index (χ3n) is 4.08. The molecule has 2 rings (SSSR count). The number of aromatic nitrogens is 2. The van der Waals surface area contributed by atoms with Crippen LogP contribution in [0.25, 0.3) is 0 Å². The fourth-order valence-electron chi connectivity index (χ4n) is 2.79. The van der Waals surface area contributed by atoms with Crippen molar-refractivity contribution in [3.63, 3.8) is 0 Å². The molecule has 4 nitrogen and oxygen atoms in total. The molecule has 102 valence electrons. The molecule has 1 fully saturated rings. The zero-order chi connectivity index (χ0) is 13.3. The highest BCUT2D eigenvalue weighted by molar-refractivity contribution is 5.50. The fourth-order valence-corrected chi connectivity index (χ4v) is 2.79. The maximum Gasteiger partial charge on any atom is 0.131 e. The lowest BCUT2D eigenvalue weighted by Crippen LogP contribution is -2.38. The van der Waals surface area contributed by atoms with Crippen LogP contribution in [0.2, 0.25) is 0 Å². The van der Waals surface area contributed by atoms with Crippen molar-refractivity contribution in [3.8, 4) is 0 Å². The van der Waals surface area contributed by atoms with E-state index in [4.69, 9.17) is 0 Å². The molecular weight excluding hydrogens is 224 g/mol. The Kier molecular flexibility index (Phi) is 3.66. The van der Waals surface area contributed by atoms with E-state index in [0.717, 1.165) is 25.3 Å². The minimum Gasteiger partial charge on any atom is -0.357 e. The molecule has 1 N–H and O–H groups in total. The monoisotopic (exact) mass is 250 g/mol. The minimum absolute atomic E-state index is 0.493. The van der Waals surface area contributed by atoms with Gasteiger partial charge in [0.2, 0.25) is 0 Å². The van der Waals surface area contributed by atoms with Crippen LogP contribution >= 0.6 is 0 Å². The molecule has 2 heterocycles. The summed E-state index contributed by atoms with van der Waals surface area (Å²) in [5, 5.41) is 7.83. The van der Waals surface area contributed by atoms with Gasteiger partial charge in [-0.3, -0.25) is 4.68 Å². The first-order valence-electron chi connectivity index (χ1n) is 6.86. The second-order valence-electron chi connectivity index (χ2n) is 6.19. The predicted molar refractivity (Wildman–Crippen MR) is 75.9 cm³/mol. The summed E-state index contributed by atoms with van der Waals surface area (Å²) in [5.74, 6) is 1.30. The number of hydrogen-bond donors (Lipinski definition) is 1. The Hall–Kier alpha value is -1.03. The van der Waals surface area contributed by atoms with Crippen molar-refractivity contribution in [2.45, 2.75) is 40.2 Å². The SMILES string of the molecule is CNCc1c(C)nn(C)c1N1CCC(C)(C)CC1. The van der Waals surface area contributed by atoms with Gasteiger partial charge in [0, 0.05) is 32.2 Å². The largest absolute Gasteiger partial charge is 0.357 e. The van der Waals surface area contributed by atoms with Gasteiger partial charge in [0.15, 0.2) is 0 Å². The fraction of sp³-hybridized carbons (Fsp3) is 0.786. The molecule has 4 heteroatoms. The number of piperidine rings is 1. The lowest BCUT2D eigenvalue weighted by atomic mass is 9.82. The standard InChI is InChI=1S/C14H26N4/c1-11-12(10-15-4)13(17(5)16-11)18-8-6-14(2,3)7-9-18/h15H,6-10H2,1-5H3. The second kappa shape index (κ2) is 4.92. The summed E-state index contributed by atoms with van der Waals surface area (Å²) in [6.07, 6.45) is 2.52. The highest BCUT2D eigenvalue weighted by Gasteiger charge is 2.28. The Bertz CT molecular complexity index is 410. The van der Waals surface area contributed by atoms with E-state index in [1.165, 1.54) is 24.2 Å². The summed E-state index contributed by atoms with van der Waals surface area (Å²) < 4.78 is 2.04. The van der Waals surface area contributed by atoms with Crippen LogP contribution in [0.5, 0.6) is 0 Å². The van der Waals surface area contributed by atoms with Gasteiger partial charge >= 0.3 is 0 Å². The average molecular weight is 250 g/mol. The summed E-state index contributed by atoms with van der Waals surface area (Å²) in [5.41, 5.74) is 2.99. The van der Waals surface area contributed by atoms with Gasteiger partial charge in [-0.05, 0) is 32.2 Å². The van der Waals surface area contributed by atoms with E-state index >= 15 is 0 Å². The van der Waals surface area contributed by atoms with E-state index in [-0.39, 0.29) is 0 Å². The first kappa shape index (κ1) is 13.4. The Morgan fingerprint density at radius 3 is 2.44 bits per heavy atom. The smallest absolute Gasteiger partial charge is 0.131 e. The molecule has 1 aliphatic rings. The van der Waals surface area contributed by atoms with Crippen molar-refractivity contribution in [1.29, 1.82) is 0 Å². The molecule has 0 saturated carbocycles. The summed E-state index contributed by atoms with van der Waals surface area (Å²) >= 11 is 0. The van der Waals surface area contributed by atoms with Crippen molar-refractivity contribution in [2.75, 3.05) is 25.0 Å². The third-order valence-corrected chi connectivity index (χ3v) is 4.08. The van der Waals surface area contributed by atoms with E-state index in [2.05, 4.69) is 43.1 Å². The lowest BCUT2D eigenvalue weighted by Gasteiger charge is -2.38. The number of hydrogen-bond acceptors (Lipinski definition) is 3. The second-order valence-corrected chi connectivity index (χ2v) is 6.19. The van der Waals surface area contributed by atoms with Crippen LogP contribution in [0, 0.1) is 12.3 Å². The Balaban J connectivity index is 2.23. The van der Waals surface area contributed by atoms with Crippen molar-refractivity contribution < 1.29 is 0 Å². The molecule has 0 radical (unpaired) electrons. The molecule has 0 spiro atoms. The lowest BCUT2D eigenvalue weighted by molar-refractivity contribution is 0.278. The molecule has 1 aromatic heterocycles. The third kappa shape index (κ3) is 2.53. The van der Waals surface area contributed by atoms with Gasteiger partial charge in [0.1, 0.15) is 5.82 Å². The van der Waals surface area contributed by atoms with E-state index in [0.29, 0.717) is 5.41 Å². The zero-order valence-corrected chi connectivity index (χ0v) is 12.4. The highest BCUT2D eigenvalue weighted by Crippen LogP contribution is 2.33. The van der Waals surface area contributed by atoms with Crippen LogP contribution in [0.4, 0.5) is 5.82 Å². The highest BCUT2D eigenvalue weighted by atomic mass is 15.4. The number of nitrogens with zero attached hydrogens (tertiary/aromatic N) is 3. The normalized spacial score (nSPS) is 19.3. The van der Waals surface area contributed by atoms with E-state index in [1.807, 2.05) is 11.7 Å². The van der Waals surface area contributed by atoms with Crippen LogP contribution in [0.3, 0.4) is 0 Å². The van der Waals surface area contributed by atoms with Crippen LogP contribution in [0.15, 0.2) is 0 Å². The average Bonchev–Trinajstić information content (AvgIpc) is 2.56. The van der Waals surface area contributed by atoms with E-state index in [1.54, 1.807) is 0 Å². The zero-order valence-electron chi connectivity index (χ0n) is 12.4. The van der Waals surface area contributed by atoms with Gasteiger partial charge in [-0.15, -0.1) is 0 Å². The van der Waals surface area contributed by atoms with Gasteiger partial charge in [-0.25, -0.2) is 0 Å². The summed E-state index contributed by atoms with van der Waals surface area (Å²) in [4.78, 5) is 2.50. The number of rotatable bonds is 3. The van der Waals surface area contributed by atoms with Gasteiger partial charge in [0.25, 0.3) is 0 Å². The summed E-state index contributed by atoms with van der Waals surface area (Å²) in [6, 6.07) is 0. The van der Waals surface area contributed by atoms with Crippen LogP contribution < -0.4 is 10.2 Å². The first-order valence-corrected chi connectivity index (χ1v) is 6.86. The van der Waals surface area contributed by atoms with Crippen LogP contribution in [-0.2, 0) is 13.6 Å². The molecule has 1 saturated heterocycles. The Morgan fingerprint density at radius 2 is 1.89 bits per heavy atom. The summed E-state index contributed by atoms with van der Waals surface area (Å²) in [6.45, 7) is 10.0. The minimum atomic E-state index is 0.493. The molecule has 0 aromatic carbocycles. The number of aryl methyl sites for hydroxylation is 2.